The third-order valence-corrected chi connectivity index (χ3v) is 2.57. The number of allylic oxidation sites excluding steroid dienone is 1. The second-order valence-electron chi connectivity index (χ2n) is 3.38. The van der Waals surface area contributed by atoms with Crippen molar-refractivity contribution in [3.63, 3.8) is 0 Å². The summed E-state index contributed by atoms with van der Waals surface area (Å²) in [4.78, 5) is 2.58. The van der Waals surface area contributed by atoms with Crippen molar-refractivity contribution in [1.82, 2.24) is 10.2 Å². The number of hydrogen-bond donors (Lipinski definition) is 1. The quantitative estimate of drug-likeness (QED) is 0.512. The van der Waals surface area contributed by atoms with Crippen molar-refractivity contribution in [3.05, 3.63) is 12.2 Å². The number of piperazine rings is 1. The maximum atomic E-state index is 3.42. The molecule has 0 saturated carbocycles. The molecule has 2 nitrogen and oxygen atoms in total. The van der Waals surface area contributed by atoms with Gasteiger partial charge in [0.15, 0.2) is 0 Å². The first kappa shape index (κ1) is 7.32. The van der Waals surface area contributed by atoms with Crippen molar-refractivity contribution >= 4 is 0 Å². The monoisotopic (exact) mass is 152 g/mol. The minimum absolute atomic E-state index is 0.686. The van der Waals surface area contributed by atoms with Crippen LogP contribution in [0.25, 0.3) is 0 Å². The Morgan fingerprint density at radius 1 is 1.36 bits per heavy atom. The summed E-state index contributed by atoms with van der Waals surface area (Å²) >= 11 is 0. The Labute approximate surface area is 68.3 Å². The average molecular weight is 152 g/mol. The lowest BCUT2D eigenvalue weighted by Gasteiger charge is -2.33. The number of nitrogens with zero attached hydrogens (tertiary/aromatic N) is 1. The van der Waals surface area contributed by atoms with Crippen molar-refractivity contribution in [2.24, 2.45) is 0 Å². The molecule has 2 heteroatoms. The van der Waals surface area contributed by atoms with E-state index in [0.717, 1.165) is 6.54 Å². The Morgan fingerprint density at radius 3 is 3.36 bits per heavy atom. The van der Waals surface area contributed by atoms with Crippen LogP contribution in [0.1, 0.15) is 12.8 Å². The van der Waals surface area contributed by atoms with Gasteiger partial charge in [-0.15, -0.1) is 0 Å². The lowest BCUT2D eigenvalue weighted by molar-refractivity contribution is 0.195. The molecule has 0 radical (unpaired) electrons. The molecule has 0 spiro atoms. The van der Waals surface area contributed by atoms with Crippen LogP contribution < -0.4 is 5.32 Å². The Balaban J connectivity index is 2.02. The first-order valence-electron chi connectivity index (χ1n) is 4.58. The van der Waals surface area contributed by atoms with Gasteiger partial charge in [-0.2, -0.15) is 0 Å². The lowest BCUT2D eigenvalue weighted by Crippen LogP contribution is -2.50. The summed E-state index contributed by atoms with van der Waals surface area (Å²) in [5.41, 5.74) is 0. The van der Waals surface area contributed by atoms with E-state index in [1.807, 2.05) is 0 Å². The molecule has 2 rings (SSSR count). The highest BCUT2D eigenvalue weighted by molar-refractivity contribution is 5.00. The first-order valence-corrected chi connectivity index (χ1v) is 4.58. The fraction of sp³-hybridized carbons (Fsp3) is 0.778. The molecule has 2 aliphatic heterocycles. The summed E-state index contributed by atoms with van der Waals surface area (Å²) in [5, 5.41) is 3.42. The molecule has 1 N–H and O–H groups in total. The number of nitrogens with one attached hydrogen (secondary N) is 1. The van der Waals surface area contributed by atoms with E-state index in [-0.39, 0.29) is 0 Å². The molecular weight excluding hydrogens is 136 g/mol. The predicted molar refractivity (Wildman–Crippen MR) is 46.6 cm³/mol. The molecule has 1 atom stereocenters. The summed E-state index contributed by atoms with van der Waals surface area (Å²) in [6.45, 7) is 4.84. The van der Waals surface area contributed by atoms with Crippen LogP contribution in [-0.4, -0.2) is 37.1 Å². The molecule has 1 saturated heterocycles. The normalized spacial score (nSPS) is 32.9. The zero-order valence-corrected chi connectivity index (χ0v) is 6.92. The topological polar surface area (TPSA) is 15.3 Å². The molecule has 11 heavy (non-hydrogen) atoms. The van der Waals surface area contributed by atoms with Crippen molar-refractivity contribution in [3.8, 4) is 0 Å². The molecule has 0 amide bonds. The van der Waals surface area contributed by atoms with Crippen LogP contribution >= 0.6 is 0 Å². The summed E-state index contributed by atoms with van der Waals surface area (Å²) in [5.74, 6) is 0. The zero-order chi connectivity index (χ0) is 7.52. The molecule has 0 aromatic rings. The molecular formula is C9H16N2. The minimum atomic E-state index is 0.686. The first-order chi connectivity index (χ1) is 5.47. The van der Waals surface area contributed by atoms with E-state index in [2.05, 4.69) is 22.4 Å². The van der Waals surface area contributed by atoms with Crippen LogP contribution in [0.2, 0.25) is 0 Å². The van der Waals surface area contributed by atoms with Gasteiger partial charge in [-0.3, -0.25) is 4.90 Å². The van der Waals surface area contributed by atoms with Crippen molar-refractivity contribution in [2.75, 3.05) is 26.2 Å². The van der Waals surface area contributed by atoms with E-state index < -0.39 is 0 Å². The van der Waals surface area contributed by atoms with Crippen molar-refractivity contribution < 1.29 is 0 Å². The van der Waals surface area contributed by atoms with Crippen LogP contribution in [0, 0.1) is 0 Å². The number of rotatable bonds is 0. The van der Waals surface area contributed by atoms with Gasteiger partial charge < -0.3 is 5.32 Å². The third-order valence-electron chi connectivity index (χ3n) is 2.57. The van der Waals surface area contributed by atoms with Crippen molar-refractivity contribution in [2.45, 2.75) is 18.9 Å². The highest BCUT2D eigenvalue weighted by Gasteiger charge is 2.19. The zero-order valence-electron chi connectivity index (χ0n) is 6.92. The van der Waals surface area contributed by atoms with Crippen molar-refractivity contribution in [1.29, 1.82) is 0 Å². The Morgan fingerprint density at radius 2 is 2.36 bits per heavy atom. The van der Waals surface area contributed by atoms with Crippen LogP contribution in [0.15, 0.2) is 12.2 Å². The van der Waals surface area contributed by atoms with Gasteiger partial charge in [0.05, 0.1) is 0 Å². The molecule has 0 aromatic heterocycles. The fourth-order valence-electron chi connectivity index (χ4n) is 1.90. The molecule has 62 valence electrons. The molecule has 1 unspecified atom stereocenters. The van der Waals surface area contributed by atoms with Crippen LogP contribution in [0.4, 0.5) is 0 Å². The van der Waals surface area contributed by atoms with Gasteiger partial charge in [-0.05, 0) is 19.4 Å². The van der Waals surface area contributed by atoms with Gasteiger partial charge >= 0.3 is 0 Å². The van der Waals surface area contributed by atoms with E-state index in [1.165, 1.54) is 32.5 Å². The van der Waals surface area contributed by atoms with E-state index in [0.29, 0.717) is 6.04 Å². The van der Waals surface area contributed by atoms with E-state index in [4.69, 9.17) is 0 Å². The third kappa shape index (κ3) is 1.63. The summed E-state index contributed by atoms with van der Waals surface area (Å²) in [6, 6.07) is 0.686. The molecule has 2 aliphatic rings. The van der Waals surface area contributed by atoms with Crippen LogP contribution in [-0.2, 0) is 0 Å². The second-order valence-corrected chi connectivity index (χ2v) is 3.38. The lowest BCUT2D eigenvalue weighted by atomic mass is 10.2. The van der Waals surface area contributed by atoms with Gasteiger partial charge in [-0.25, -0.2) is 0 Å². The van der Waals surface area contributed by atoms with Crippen LogP contribution in [0.5, 0.6) is 0 Å². The Hall–Kier alpha value is -0.340. The Bertz CT molecular complexity index is 154. The predicted octanol–water partition coefficient (Wildman–Crippen LogP) is 0.610. The molecule has 0 bridgehead atoms. The standard InChI is InChI=1S/C9H16N2/c1-2-4-9-8-10-5-7-11(9)6-3-1/h2,4,9-10H,1,3,5-8H2. The van der Waals surface area contributed by atoms with Gasteiger partial charge in [-0.1, -0.05) is 12.2 Å². The Kier molecular flexibility index (Phi) is 2.24. The maximum Gasteiger partial charge on any atom is 0.0403 e. The average Bonchev–Trinajstić information content (AvgIpc) is 2.28. The van der Waals surface area contributed by atoms with E-state index in [9.17, 15) is 0 Å². The molecule has 2 heterocycles. The van der Waals surface area contributed by atoms with Gasteiger partial charge in [0.1, 0.15) is 0 Å². The summed E-state index contributed by atoms with van der Waals surface area (Å²) < 4.78 is 0. The summed E-state index contributed by atoms with van der Waals surface area (Å²) in [6.07, 6.45) is 7.30. The highest BCUT2D eigenvalue weighted by atomic mass is 15.2. The second kappa shape index (κ2) is 3.37. The van der Waals surface area contributed by atoms with Gasteiger partial charge in [0, 0.05) is 25.7 Å². The number of fused-ring (bicyclic) bond motifs is 1. The van der Waals surface area contributed by atoms with E-state index >= 15 is 0 Å². The highest BCUT2D eigenvalue weighted by Crippen LogP contribution is 2.11. The minimum Gasteiger partial charge on any atom is -0.314 e. The van der Waals surface area contributed by atoms with Crippen LogP contribution in [0.3, 0.4) is 0 Å². The maximum absolute atomic E-state index is 3.42. The van der Waals surface area contributed by atoms with Gasteiger partial charge in [0.2, 0.25) is 0 Å². The fourth-order valence-corrected chi connectivity index (χ4v) is 1.90. The number of hydrogen-bond acceptors (Lipinski definition) is 2. The largest absolute Gasteiger partial charge is 0.314 e. The summed E-state index contributed by atoms with van der Waals surface area (Å²) in [7, 11) is 0. The smallest absolute Gasteiger partial charge is 0.0403 e. The molecule has 0 aromatic carbocycles. The van der Waals surface area contributed by atoms with Gasteiger partial charge in [0.25, 0.3) is 0 Å². The molecule has 1 fully saturated rings. The van der Waals surface area contributed by atoms with E-state index in [1.54, 1.807) is 0 Å². The SMILES string of the molecule is C1=CC2CNCCN2CCC1. The molecule has 0 aliphatic carbocycles.